The Labute approximate surface area is 117 Å². The van der Waals surface area contributed by atoms with Crippen LogP contribution in [-0.4, -0.2) is 9.61 Å². The summed E-state index contributed by atoms with van der Waals surface area (Å²) in [6.07, 6.45) is 3.84. The van der Waals surface area contributed by atoms with Crippen molar-refractivity contribution in [3.05, 3.63) is 72.6 Å². The van der Waals surface area contributed by atoms with Crippen molar-refractivity contribution in [3.63, 3.8) is 0 Å². The molecule has 0 N–H and O–H groups in total. The highest BCUT2D eigenvalue weighted by atomic mass is 15.2. The van der Waals surface area contributed by atoms with Crippen molar-refractivity contribution < 1.29 is 0 Å². The van der Waals surface area contributed by atoms with E-state index in [0.29, 0.717) is 0 Å². The maximum absolute atomic E-state index is 4.25. The quantitative estimate of drug-likeness (QED) is 0.492. The molecule has 0 aliphatic heterocycles. The van der Waals surface area contributed by atoms with E-state index in [0.717, 1.165) is 5.52 Å². The minimum atomic E-state index is 1.12. The third-order valence-corrected chi connectivity index (χ3v) is 3.85. The van der Waals surface area contributed by atoms with Crippen LogP contribution in [-0.2, 0) is 0 Å². The van der Waals surface area contributed by atoms with Crippen LogP contribution >= 0.6 is 0 Å². The molecule has 0 saturated heterocycles. The fourth-order valence-corrected chi connectivity index (χ4v) is 2.81. The Bertz CT molecular complexity index is 919. The third-order valence-electron chi connectivity index (χ3n) is 3.85. The van der Waals surface area contributed by atoms with Gasteiger partial charge in [-0.3, -0.25) is 0 Å². The van der Waals surface area contributed by atoms with Gasteiger partial charge in [-0.05, 0) is 52.6 Å². The molecule has 0 aliphatic carbocycles. The smallest absolute Gasteiger partial charge is 0.0667 e. The van der Waals surface area contributed by atoms with Gasteiger partial charge in [0.2, 0.25) is 0 Å². The highest BCUT2D eigenvalue weighted by molar-refractivity contribution is 5.98. The maximum Gasteiger partial charge on any atom is 0.0667 e. The summed E-state index contributed by atoms with van der Waals surface area (Å²) in [6.45, 7) is 2.16. The first-order valence-corrected chi connectivity index (χ1v) is 6.75. The average molecular weight is 258 g/mol. The van der Waals surface area contributed by atoms with Crippen molar-refractivity contribution in [1.82, 2.24) is 9.61 Å². The van der Waals surface area contributed by atoms with E-state index >= 15 is 0 Å². The summed E-state index contributed by atoms with van der Waals surface area (Å²) >= 11 is 0. The van der Waals surface area contributed by atoms with E-state index in [4.69, 9.17) is 0 Å². The zero-order valence-corrected chi connectivity index (χ0v) is 11.2. The number of aromatic nitrogens is 2. The second-order valence-electron chi connectivity index (χ2n) is 5.09. The summed E-state index contributed by atoms with van der Waals surface area (Å²) in [6, 6.07) is 19.3. The van der Waals surface area contributed by atoms with Gasteiger partial charge in [0.15, 0.2) is 0 Å². The molecule has 0 atom stereocenters. The topological polar surface area (TPSA) is 17.3 Å². The van der Waals surface area contributed by atoms with E-state index in [1.54, 1.807) is 0 Å². The Morgan fingerprint density at radius 1 is 0.900 bits per heavy atom. The second-order valence-corrected chi connectivity index (χ2v) is 5.09. The van der Waals surface area contributed by atoms with Gasteiger partial charge in [-0.1, -0.05) is 36.4 Å². The molecule has 4 aromatic rings. The van der Waals surface area contributed by atoms with E-state index in [-0.39, 0.29) is 0 Å². The molecule has 2 nitrogen and oxygen atoms in total. The maximum atomic E-state index is 4.25. The van der Waals surface area contributed by atoms with E-state index in [1.165, 1.54) is 27.5 Å². The van der Waals surface area contributed by atoms with E-state index in [2.05, 4.69) is 60.6 Å². The van der Waals surface area contributed by atoms with E-state index < -0.39 is 0 Å². The Balaban J connectivity index is 2.04. The zero-order valence-electron chi connectivity index (χ0n) is 11.2. The van der Waals surface area contributed by atoms with Gasteiger partial charge in [0, 0.05) is 12.4 Å². The van der Waals surface area contributed by atoms with Crippen molar-refractivity contribution >= 4 is 16.3 Å². The molecule has 2 aromatic carbocycles. The molecule has 0 fully saturated rings. The summed E-state index contributed by atoms with van der Waals surface area (Å²) in [5, 5.41) is 6.87. The molecule has 0 saturated carbocycles. The van der Waals surface area contributed by atoms with Crippen LogP contribution in [0.25, 0.3) is 27.4 Å². The first kappa shape index (κ1) is 11.2. The van der Waals surface area contributed by atoms with Gasteiger partial charge in [-0.2, -0.15) is 5.10 Å². The van der Waals surface area contributed by atoms with Crippen LogP contribution in [0.3, 0.4) is 0 Å². The molecule has 0 unspecified atom stereocenters. The second kappa shape index (κ2) is 4.20. The Kier molecular flexibility index (Phi) is 2.36. The summed E-state index contributed by atoms with van der Waals surface area (Å²) in [5.74, 6) is 0. The molecule has 2 aromatic heterocycles. The number of hydrogen-bond acceptors (Lipinski definition) is 1. The summed E-state index contributed by atoms with van der Waals surface area (Å²) < 4.78 is 1.89. The highest BCUT2D eigenvalue weighted by Crippen LogP contribution is 2.30. The summed E-state index contributed by atoms with van der Waals surface area (Å²) in [7, 11) is 0. The van der Waals surface area contributed by atoms with Gasteiger partial charge in [0.25, 0.3) is 0 Å². The molecular formula is C18H14N2. The molecule has 0 radical (unpaired) electrons. The van der Waals surface area contributed by atoms with E-state index in [9.17, 15) is 0 Å². The lowest BCUT2D eigenvalue weighted by Gasteiger charge is -2.09. The molecule has 2 heteroatoms. The van der Waals surface area contributed by atoms with Crippen LogP contribution in [0, 0.1) is 6.92 Å². The van der Waals surface area contributed by atoms with Crippen molar-refractivity contribution in [2.75, 3.05) is 0 Å². The molecule has 4 rings (SSSR count). The first-order valence-electron chi connectivity index (χ1n) is 6.75. The van der Waals surface area contributed by atoms with E-state index in [1.807, 2.05) is 23.0 Å². The lowest BCUT2D eigenvalue weighted by atomic mass is 9.96. The van der Waals surface area contributed by atoms with Gasteiger partial charge in [0.05, 0.1) is 5.52 Å². The van der Waals surface area contributed by atoms with Crippen LogP contribution in [0.2, 0.25) is 0 Å². The predicted octanol–water partition coefficient (Wildman–Crippen LogP) is 4.46. The number of benzene rings is 2. The van der Waals surface area contributed by atoms with Crippen LogP contribution in [0.15, 0.2) is 67.0 Å². The molecule has 96 valence electrons. The fraction of sp³-hybridized carbons (Fsp3) is 0.0556. The van der Waals surface area contributed by atoms with Crippen molar-refractivity contribution in [1.29, 1.82) is 0 Å². The highest BCUT2D eigenvalue weighted by Gasteiger charge is 2.06. The number of aryl methyl sites for hydroxylation is 1. The SMILES string of the molecule is Cc1cccc2c(-c3ccn4nccc4c3)cccc12. The Morgan fingerprint density at radius 3 is 2.70 bits per heavy atom. The minimum Gasteiger partial charge on any atom is -0.241 e. The Morgan fingerprint density at radius 2 is 1.75 bits per heavy atom. The number of pyridine rings is 1. The lowest BCUT2D eigenvalue weighted by Crippen LogP contribution is -1.88. The average Bonchev–Trinajstić information content (AvgIpc) is 2.94. The Hall–Kier alpha value is -2.61. The zero-order chi connectivity index (χ0) is 13.5. The van der Waals surface area contributed by atoms with Gasteiger partial charge >= 0.3 is 0 Å². The van der Waals surface area contributed by atoms with Crippen molar-refractivity contribution in [2.24, 2.45) is 0 Å². The number of hydrogen-bond donors (Lipinski definition) is 0. The molecule has 0 amide bonds. The van der Waals surface area contributed by atoms with Gasteiger partial charge in [-0.25, -0.2) is 4.52 Å². The normalized spacial score (nSPS) is 11.2. The molecule has 0 spiro atoms. The van der Waals surface area contributed by atoms with Crippen molar-refractivity contribution in [3.8, 4) is 11.1 Å². The van der Waals surface area contributed by atoms with Crippen LogP contribution in [0.1, 0.15) is 5.56 Å². The molecule has 0 aliphatic rings. The fourth-order valence-electron chi connectivity index (χ4n) is 2.81. The molecule has 2 heterocycles. The lowest BCUT2D eigenvalue weighted by molar-refractivity contribution is 0.962. The predicted molar refractivity (Wildman–Crippen MR) is 82.9 cm³/mol. The van der Waals surface area contributed by atoms with Crippen LogP contribution < -0.4 is 0 Å². The molecular weight excluding hydrogens is 244 g/mol. The molecule has 20 heavy (non-hydrogen) atoms. The number of nitrogens with zero attached hydrogens (tertiary/aromatic N) is 2. The van der Waals surface area contributed by atoms with Crippen LogP contribution in [0.5, 0.6) is 0 Å². The van der Waals surface area contributed by atoms with Crippen LogP contribution in [0.4, 0.5) is 0 Å². The standard InChI is InChI=1S/C18H14N2/c1-13-4-2-7-18-16(13)5-3-6-17(18)14-9-11-20-15(12-14)8-10-19-20/h2-12H,1H3. The monoisotopic (exact) mass is 258 g/mol. The largest absolute Gasteiger partial charge is 0.241 e. The summed E-state index contributed by atoms with van der Waals surface area (Å²) in [4.78, 5) is 0. The third kappa shape index (κ3) is 1.62. The first-order chi connectivity index (χ1) is 9.83. The minimum absolute atomic E-state index is 1.12. The number of rotatable bonds is 1. The van der Waals surface area contributed by atoms with Crippen molar-refractivity contribution in [2.45, 2.75) is 6.92 Å². The van der Waals surface area contributed by atoms with Gasteiger partial charge in [-0.15, -0.1) is 0 Å². The number of fused-ring (bicyclic) bond motifs is 2. The van der Waals surface area contributed by atoms with Gasteiger partial charge < -0.3 is 0 Å². The van der Waals surface area contributed by atoms with Gasteiger partial charge in [0.1, 0.15) is 0 Å². The molecule has 0 bridgehead atoms. The summed E-state index contributed by atoms with van der Waals surface area (Å²) in [5.41, 5.74) is 4.94.